The van der Waals surface area contributed by atoms with Gasteiger partial charge in [0.25, 0.3) is 5.91 Å². The summed E-state index contributed by atoms with van der Waals surface area (Å²) in [5.74, 6) is 0.102. The Balaban J connectivity index is 2.01. The summed E-state index contributed by atoms with van der Waals surface area (Å²) in [5, 5.41) is 1.11. The molecule has 0 aliphatic heterocycles. The lowest BCUT2D eigenvalue weighted by Gasteiger charge is -2.22. The molecule has 1 aromatic carbocycles. The van der Waals surface area contributed by atoms with Crippen LogP contribution in [0, 0.1) is 5.92 Å². The maximum Gasteiger partial charge on any atom is 0.261 e. The van der Waals surface area contributed by atoms with Crippen LogP contribution in [0.3, 0.4) is 0 Å². The number of hydrogen-bond donors (Lipinski definition) is 0. The molecule has 0 saturated heterocycles. The second kappa shape index (κ2) is 7.05. The number of carbonyl (C=O) groups excluding carboxylic acids is 1. The molecule has 0 radical (unpaired) electrons. The van der Waals surface area contributed by atoms with Gasteiger partial charge in [-0.1, -0.05) is 60.5 Å². The van der Waals surface area contributed by atoms with E-state index in [2.05, 4.69) is 23.8 Å². The number of nitrogens with zero attached hydrogens (tertiary/aromatic N) is 3. The number of pyridine rings is 1. The van der Waals surface area contributed by atoms with Crippen LogP contribution in [0.5, 0.6) is 0 Å². The zero-order valence-corrected chi connectivity index (χ0v) is 15.5. The Morgan fingerprint density at radius 3 is 2.71 bits per heavy atom. The zero-order valence-electron chi connectivity index (χ0n) is 13.2. The SMILES string of the molecule is CC(C)CN(C(=O)c1cnc(Cl)c(Cl)c1)c1nc2ccccc2s1. The highest BCUT2D eigenvalue weighted by Gasteiger charge is 2.23. The smallest absolute Gasteiger partial charge is 0.261 e. The summed E-state index contributed by atoms with van der Waals surface area (Å²) in [7, 11) is 0. The topological polar surface area (TPSA) is 46.1 Å². The van der Waals surface area contributed by atoms with Crippen molar-refractivity contribution in [1.82, 2.24) is 9.97 Å². The number of amides is 1. The lowest BCUT2D eigenvalue weighted by atomic mass is 10.2. The third kappa shape index (κ3) is 3.53. The lowest BCUT2D eigenvalue weighted by molar-refractivity contribution is 0.0983. The van der Waals surface area contributed by atoms with E-state index in [1.165, 1.54) is 17.5 Å². The molecule has 0 saturated carbocycles. The molecule has 124 valence electrons. The van der Waals surface area contributed by atoms with Gasteiger partial charge in [-0.3, -0.25) is 9.69 Å². The molecule has 4 nitrogen and oxygen atoms in total. The maximum absolute atomic E-state index is 13.0. The summed E-state index contributed by atoms with van der Waals surface area (Å²) < 4.78 is 1.04. The third-order valence-corrected chi connectivity index (χ3v) is 5.10. The number of anilines is 1. The van der Waals surface area contributed by atoms with Gasteiger partial charge in [0.05, 0.1) is 20.8 Å². The Bertz CT molecular complexity index is 861. The highest BCUT2D eigenvalue weighted by atomic mass is 35.5. The number of benzene rings is 1. The minimum atomic E-state index is -0.186. The zero-order chi connectivity index (χ0) is 17.3. The van der Waals surface area contributed by atoms with E-state index in [-0.39, 0.29) is 22.0 Å². The first kappa shape index (κ1) is 17.1. The number of hydrogen-bond acceptors (Lipinski definition) is 4. The van der Waals surface area contributed by atoms with Crippen molar-refractivity contribution >= 4 is 55.8 Å². The Morgan fingerprint density at radius 2 is 2.04 bits per heavy atom. The van der Waals surface area contributed by atoms with Crippen LogP contribution < -0.4 is 4.90 Å². The largest absolute Gasteiger partial charge is 0.284 e. The molecule has 2 heterocycles. The Hall–Kier alpha value is -1.69. The predicted molar refractivity (Wildman–Crippen MR) is 100 cm³/mol. The van der Waals surface area contributed by atoms with Gasteiger partial charge < -0.3 is 0 Å². The molecule has 0 atom stereocenters. The van der Waals surface area contributed by atoms with Gasteiger partial charge in [-0.25, -0.2) is 9.97 Å². The van der Waals surface area contributed by atoms with E-state index in [1.54, 1.807) is 11.0 Å². The second-order valence-corrected chi connectivity index (χ2v) is 7.54. The van der Waals surface area contributed by atoms with Crippen LogP contribution in [0.25, 0.3) is 10.2 Å². The highest BCUT2D eigenvalue weighted by Crippen LogP contribution is 2.30. The summed E-state index contributed by atoms with van der Waals surface area (Å²) in [6.45, 7) is 4.67. The number of carbonyl (C=O) groups is 1. The summed E-state index contributed by atoms with van der Waals surface area (Å²) in [4.78, 5) is 23.2. The van der Waals surface area contributed by atoms with Gasteiger partial charge in [-0.2, -0.15) is 0 Å². The number of rotatable bonds is 4. The molecular weight excluding hydrogens is 365 g/mol. The first-order chi connectivity index (χ1) is 11.5. The Labute approximate surface area is 154 Å². The van der Waals surface area contributed by atoms with Crippen molar-refractivity contribution in [1.29, 1.82) is 0 Å². The molecular formula is C17H15Cl2N3OS. The van der Waals surface area contributed by atoms with Crippen molar-refractivity contribution in [3.63, 3.8) is 0 Å². The molecule has 3 rings (SSSR count). The second-order valence-electron chi connectivity index (χ2n) is 5.77. The average Bonchev–Trinajstić information content (AvgIpc) is 2.98. The summed E-state index contributed by atoms with van der Waals surface area (Å²) in [6, 6.07) is 9.37. The number of aromatic nitrogens is 2. The van der Waals surface area contributed by atoms with Gasteiger partial charge in [0, 0.05) is 12.7 Å². The molecule has 0 bridgehead atoms. The fourth-order valence-electron chi connectivity index (χ4n) is 2.28. The highest BCUT2D eigenvalue weighted by molar-refractivity contribution is 7.22. The fourth-order valence-corrected chi connectivity index (χ4v) is 3.53. The summed E-state index contributed by atoms with van der Waals surface area (Å²) in [5.41, 5.74) is 1.27. The molecule has 0 aliphatic rings. The third-order valence-electron chi connectivity index (χ3n) is 3.35. The number of para-hydroxylation sites is 1. The Morgan fingerprint density at radius 1 is 1.29 bits per heavy atom. The van der Waals surface area contributed by atoms with Gasteiger partial charge in [0.15, 0.2) is 5.13 Å². The van der Waals surface area contributed by atoms with Crippen LogP contribution in [0.4, 0.5) is 5.13 Å². The molecule has 24 heavy (non-hydrogen) atoms. The van der Waals surface area contributed by atoms with Crippen LogP contribution >= 0.6 is 34.5 Å². The lowest BCUT2D eigenvalue weighted by Crippen LogP contribution is -2.34. The predicted octanol–water partition coefficient (Wildman–Crippen LogP) is 5.30. The molecule has 0 fully saturated rings. The van der Waals surface area contributed by atoms with Crippen LogP contribution in [-0.4, -0.2) is 22.4 Å². The van der Waals surface area contributed by atoms with Gasteiger partial charge in [0.2, 0.25) is 0 Å². The maximum atomic E-state index is 13.0. The number of thiazole rings is 1. The summed E-state index contributed by atoms with van der Waals surface area (Å²) >= 11 is 13.3. The van der Waals surface area contributed by atoms with Crippen LogP contribution in [-0.2, 0) is 0 Å². The van der Waals surface area contributed by atoms with E-state index in [1.807, 2.05) is 24.3 Å². The Kier molecular flexibility index (Phi) is 5.04. The van der Waals surface area contributed by atoms with Crippen molar-refractivity contribution in [2.75, 3.05) is 11.4 Å². The quantitative estimate of drug-likeness (QED) is 0.577. The van der Waals surface area contributed by atoms with Crippen LogP contribution in [0.1, 0.15) is 24.2 Å². The van der Waals surface area contributed by atoms with Crippen LogP contribution in [0.2, 0.25) is 10.2 Å². The molecule has 3 aromatic rings. The van der Waals surface area contributed by atoms with Crippen molar-refractivity contribution in [3.8, 4) is 0 Å². The van der Waals surface area contributed by atoms with E-state index in [9.17, 15) is 4.79 Å². The monoisotopic (exact) mass is 379 g/mol. The van der Waals surface area contributed by atoms with Crippen molar-refractivity contribution in [3.05, 3.63) is 52.3 Å². The fraction of sp³-hybridized carbons (Fsp3) is 0.235. The van der Waals surface area contributed by atoms with E-state index in [0.29, 0.717) is 17.2 Å². The number of fused-ring (bicyclic) bond motifs is 1. The first-order valence-electron chi connectivity index (χ1n) is 7.44. The van der Waals surface area contributed by atoms with Crippen molar-refractivity contribution in [2.45, 2.75) is 13.8 Å². The molecule has 0 N–H and O–H groups in total. The van der Waals surface area contributed by atoms with Gasteiger partial charge in [0.1, 0.15) is 5.15 Å². The van der Waals surface area contributed by atoms with E-state index in [0.717, 1.165) is 10.2 Å². The van der Waals surface area contributed by atoms with Crippen molar-refractivity contribution < 1.29 is 4.79 Å². The normalized spacial score (nSPS) is 11.2. The first-order valence-corrected chi connectivity index (χ1v) is 9.01. The van der Waals surface area contributed by atoms with Gasteiger partial charge in [-0.15, -0.1) is 0 Å². The van der Waals surface area contributed by atoms with Crippen molar-refractivity contribution in [2.24, 2.45) is 5.92 Å². The van der Waals surface area contributed by atoms with E-state index < -0.39 is 0 Å². The standard InChI is InChI=1S/C17H15Cl2N3OS/c1-10(2)9-22(16(23)11-7-12(18)15(19)20-8-11)17-21-13-5-3-4-6-14(13)24-17/h3-8,10H,9H2,1-2H3. The van der Waals surface area contributed by atoms with Gasteiger partial charge >= 0.3 is 0 Å². The molecule has 0 unspecified atom stereocenters. The number of halogens is 2. The molecule has 0 spiro atoms. The average molecular weight is 380 g/mol. The molecule has 1 amide bonds. The molecule has 2 aromatic heterocycles. The molecule has 7 heteroatoms. The van der Waals surface area contributed by atoms with Crippen LogP contribution in [0.15, 0.2) is 36.5 Å². The van der Waals surface area contributed by atoms with Gasteiger partial charge in [-0.05, 0) is 24.1 Å². The summed E-state index contributed by atoms with van der Waals surface area (Å²) in [6.07, 6.45) is 1.44. The van der Waals surface area contributed by atoms with E-state index >= 15 is 0 Å². The molecule has 0 aliphatic carbocycles. The minimum absolute atomic E-state index is 0.184. The minimum Gasteiger partial charge on any atom is -0.284 e. The van der Waals surface area contributed by atoms with E-state index in [4.69, 9.17) is 23.2 Å².